The largest absolute Gasteiger partial charge is 0.453 e. The maximum atomic E-state index is 12.1. The van der Waals surface area contributed by atoms with Crippen molar-refractivity contribution in [3.05, 3.63) is 102 Å². The van der Waals surface area contributed by atoms with E-state index >= 15 is 0 Å². The average Bonchev–Trinajstić information content (AvgIpc) is 2.75. The lowest BCUT2D eigenvalue weighted by Gasteiger charge is -2.28. The fourth-order valence-electron chi connectivity index (χ4n) is 3.16. The molecule has 3 aromatic rings. The molecule has 0 aliphatic carbocycles. The van der Waals surface area contributed by atoms with Crippen molar-refractivity contribution >= 4 is 40.9 Å². The summed E-state index contributed by atoms with van der Waals surface area (Å²) in [5.41, 5.74) is 2.08. The van der Waals surface area contributed by atoms with Crippen molar-refractivity contribution in [3.8, 4) is 0 Å². The zero-order chi connectivity index (χ0) is 19.1. The van der Waals surface area contributed by atoms with Gasteiger partial charge < -0.3 is 4.74 Å². The Balaban J connectivity index is 2.37. The van der Waals surface area contributed by atoms with Crippen LogP contribution in [0.25, 0.3) is 0 Å². The normalized spacial score (nSPS) is 11.7. The van der Waals surface area contributed by atoms with E-state index in [2.05, 4.69) is 41.7 Å². The fourth-order valence-corrected chi connectivity index (χ4v) is 7.65. The van der Waals surface area contributed by atoms with Crippen molar-refractivity contribution < 1.29 is 9.53 Å². The Kier molecular flexibility index (Phi) is 6.28. The van der Waals surface area contributed by atoms with Crippen LogP contribution >= 0.6 is 18.9 Å². The summed E-state index contributed by atoms with van der Waals surface area (Å²) in [5, 5.41) is 6.14. The van der Waals surface area contributed by atoms with E-state index in [1.54, 1.807) is 0 Å². The van der Waals surface area contributed by atoms with Gasteiger partial charge in [0.15, 0.2) is 12.7 Å². The number of benzene rings is 3. The second kappa shape index (κ2) is 8.85. The Morgan fingerprint density at radius 3 is 1.48 bits per heavy atom. The monoisotopic (exact) mass is 396 g/mol. The summed E-state index contributed by atoms with van der Waals surface area (Å²) in [4.78, 5) is 12.1. The van der Waals surface area contributed by atoms with Crippen molar-refractivity contribution in [2.75, 3.05) is 7.11 Å². The van der Waals surface area contributed by atoms with Crippen LogP contribution in [0, 0.1) is 0 Å². The number of hydrogen-bond acceptors (Lipinski definition) is 2. The number of methoxy groups -OCH3 is 1. The molecule has 3 nitrogen and oxygen atoms in total. The van der Waals surface area contributed by atoms with Crippen LogP contribution in [0.4, 0.5) is 4.79 Å². The number of carbonyl (C=O) groups is 1. The van der Waals surface area contributed by atoms with Crippen molar-refractivity contribution in [3.63, 3.8) is 0 Å². The van der Waals surface area contributed by atoms with Crippen molar-refractivity contribution in [1.82, 2.24) is 5.32 Å². The molecule has 1 N–H and O–H groups in total. The second-order valence-electron chi connectivity index (χ2n) is 5.79. The lowest BCUT2D eigenvalue weighted by atomic mass is 10.4. The number of ether oxygens (including phenoxy) is 1. The third kappa shape index (κ3) is 3.75. The zero-order valence-electron chi connectivity index (χ0n) is 14.9. The molecule has 0 radical (unpaired) electrons. The van der Waals surface area contributed by atoms with Crippen molar-refractivity contribution in [2.45, 2.75) is 0 Å². The summed E-state index contributed by atoms with van der Waals surface area (Å²) in [6.45, 7) is 0. The van der Waals surface area contributed by atoms with Crippen LogP contribution in [0.5, 0.6) is 0 Å². The number of halogens is 1. The lowest BCUT2D eigenvalue weighted by molar-refractivity contribution is 0.175. The molecular formula is C22H20ClNO2P+. The van der Waals surface area contributed by atoms with Gasteiger partial charge in [0.05, 0.1) is 12.6 Å². The number of rotatable bonds is 5. The molecular weight excluding hydrogens is 377 g/mol. The molecule has 136 valence electrons. The molecule has 3 aromatic carbocycles. The molecule has 0 aliphatic heterocycles. The highest BCUT2D eigenvalue weighted by Crippen LogP contribution is 2.61. The minimum atomic E-state index is -2.41. The molecule has 0 atom stereocenters. The maximum absolute atomic E-state index is 12.1. The predicted octanol–water partition coefficient (Wildman–Crippen LogP) is 4.37. The molecule has 0 fully saturated rings. The summed E-state index contributed by atoms with van der Waals surface area (Å²) in [6.07, 6.45) is -0.547. The minimum Gasteiger partial charge on any atom is -0.453 e. The molecule has 0 bridgehead atoms. The SMILES string of the molecule is COC(=O)N/C(=C/Cl)[P+](c1ccccc1)(c1ccccc1)c1ccccc1. The fraction of sp³-hybridized carbons (Fsp3) is 0.0455. The highest BCUT2D eigenvalue weighted by atomic mass is 35.5. The van der Waals surface area contributed by atoms with Gasteiger partial charge in [-0.15, -0.1) is 0 Å². The lowest BCUT2D eigenvalue weighted by Crippen LogP contribution is -2.38. The standard InChI is InChI=1S/C22H19ClNO2P/c1-26-22(25)24-21(17-23)27(18-11-5-2-6-12-18,19-13-7-3-8-14-19)20-15-9-4-10-16-20/h2-17H,1H3/p+1/b21-17-. The van der Waals surface area contributed by atoms with E-state index in [-0.39, 0.29) is 0 Å². The Hall–Kier alpha value is -2.61. The van der Waals surface area contributed by atoms with Crippen LogP contribution in [-0.2, 0) is 4.74 Å². The van der Waals surface area contributed by atoms with E-state index in [1.165, 1.54) is 12.6 Å². The minimum absolute atomic E-state index is 0.547. The molecule has 5 heteroatoms. The van der Waals surface area contributed by atoms with E-state index in [9.17, 15) is 4.79 Å². The number of alkyl carbamates (subject to hydrolysis) is 1. The number of carbonyl (C=O) groups excluding carboxylic acids is 1. The first-order chi connectivity index (χ1) is 13.2. The predicted molar refractivity (Wildman–Crippen MR) is 115 cm³/mol. The van der Waals surface area contributed by atoms with Crippen LogP contribution in [0.3, 0.4) is 0 Å². The Morgan fingerprint density at radius 2 is 1.19 bits per heavy atom. The third-order valence-electron chi connectivity index (χ3n) is 4.31. The van der Waals surface area contributed by atoms with Crippen molar-refractivity contribution in [1.29, 1.82) is 0 Å². The van der Waals surface area contributed by atoms with E-state index in [1.807, 2.05) is 54.6 Å². The topological polar surface area (TPSA) is 38.3 Å². The van der Waals surface area contributed by atoms with Crippen LogP contribution in [0.2, 0.25) is 0 Å². The van der Waals surface area contributed by atoms with Gasteiger partial charge in [-0.3, -0.25) is 5.32 Å². The smallest absolute Gasteiger partial charge is 0.413 e. The second-order valence-corrected chi connectivity index (χ2v) is 9.38. The van der Waals surface area contributed by atoms with E-state index in [4.69, 9.17) is 16.3 Å². The van der Waals surface area contributed by atoms with Gasteiger partial charge >= 0.3 is 6.09 Å². The van der Waals surface area contributed by atoms with Gasteiger partial charge in [0.2, 0.25) is 0 Å². The Labute approximate surface area is 165 Å². The van der Waals surface area contributed by atoms with Gasteiger partial charge in [-0.25, -0.2) is 4.79 Å². The quantitative estimate of drug-likeness (QED) is 0.650. The Morgan fingerprint density at radius 1 is 0.815 bits per heavy atom. The van der Waals surface area contributed by atoms with E-state index in [0.717, 1.165) is 15.9 Å². The maximum Gasteiger partial charge on any atom is 0.413 e. The summed E-state index contributed by atoms with van der Waals surface area (Å²) in [5.74, 6) is 0. The van der Waals surface area contributed by atoms with Gasteiger partial charge in [0.1, 0.15) is 15.9 Å². The average molecular weight is 397 g/mol. The summed E-state index contributed by atoms with van der Waals surface area (Å²) in [6, 6.07) is 30.4. The van der Waals surface area contributed by atoms with Gasteiger partial charge in [-0.05, 0) is 36.4 Å². The number of amides is 1. The van der Waals surface area contributed by atoms with Gasteiger partial charge in [-0.2, -0.15) is 0 Å². The molecule has 1 amide bonds. The summed E-state index contributed by atoms with van der Waals surface area (Å²) in [7, 11) is -1.07. The molecule has 0 spiro atoms. The van der Waals surface area contributed by atoms with Gasteiger partial charge in [-0.1, -0.05) is 66.2 Å². The molecule has 27 heavy (non-hydrogen) atoms. The van der Waals surface area contributed by atoms with Crippen LogP contribution in [0.1, 0.15) is 0 Å². The number of nitrogens with one attached hydrogen (secondary N) is 1. The molecule has 0 saturated heterocycles. The van der Waals surface area contributed by atoms with Gasteiger partial charge in [0, 0.05) is 0 Å². The molecule has 0 aromatic heterocycles. The highest BCUT2D eigenvalue weighted by molar-refractivity contribution is 7.99. The van der Waals surface area contributed by atoms with Gasteiger partial charge in [0.25, 0.3) is 0 Å². The summed E-state index contributed by atoms with van der Waals surface area (Å²) >= 11 is 6.30. The molecule has 0 unspecified atom stereocenters. The zero-order valence-corrected chi connectivity index (χ0v) is 16.5. The van der Waals surface area contributed by atoms with Crippen molar-refractivity contribution in [2.24, 2.45) is 0 Å². The molecule has 0 heterocycles. The first-order valence-corrected chi connectivity index (χ1v) is 10.7. The van der Waals surface area contributed by atoms with Crippen LogP contribution < -0.4 is 21.2 Å². The molecule has 3 rings (SSSR count). The third-order valence-corrected chi connectivity index (χ3v) is 8.86. The molecule has 0 aliphatic rings. The van der Waals surface area contributed by atoms with Crippen LogP contribution in [-0.4, -0.2) is 13.2 Å². The first kappa shape index (κ1) is 19.2. The van der Waals surface area contributed by atoms with E-state index in [0.29, 0.717) is 5.44 Å². The summed E-state index contributed by atoms with van der Waals surface area (Å²) < 4.78 is 4.85. The molecule has 0 saturated carbocycles. The Bertz CT molecular complexity index is 818. The van der Waals surface area contributed by atoms with E-state index < -0.39 is 13.4 Å². The number of hydrogen-bond donors (Lipinski definition) is 1. The van der Waals surface area contributed by atoms with Crippen LogP contribution in [0.15, 0.2) is 102 Å². The first-order valence-electron chi connectivity index (χ1n) is 8.45. The highest BCUT2D eigenvalue weighted by Gasteiger charge is 2.50.